The summed E-state index contributed by atoms with van der Waals surface area (Å²) in [5.74, 6) is 0. The number of benzene rings is 1. The van der Waals surface area contributed by atoms with Crippen LogP contribution in [0, 0.1) is 0 Å². The maximum absolute atomic E-state index is 13.1. The highest BCUT2D eigenvalue weighted by Crippen LogP contribution is 2.31. The number of hydrogen-bond donors (Lipinski definition) is 1. The lowest BCUT2D eigenvalue weighted by Gasteiger charge is -2.38. The Bertz CT molecular complexity index is 1160. The van der Waals surface area contributed by atoms with Gasteiger partial charge in [0, 0.05) is 44.0 Å². The van der Waals surface area contributed by atoms with E-state index >= 15 is 0 Å². The van der Waals surface area contributed by atoms with Crippen molar-refractivity contribution in [3.8, 4) is 0 Å². The molecule has 0 aliphatic carbocycles. The van der Waals surface area contributed by atoms with Crippen LogP contribution in [0.4, 0.5) is 10.5 Å². The van der Waals surface area contributed by atoms with Crippen LogP contribution >= 0.6 is 0 Å². The van der Waals surface area contributed by atoms with Crippen LogP contribution < -0.4 is 10.2 Å². The molecule has 2 aromatic heterocycles. The number of para-hydroxylation sites is 1. The van der Waals surface area contributed by atoms with E-state index in [1.54, 1.807) is 46.4 Å². The highest BCUT2D eigenvalue weighted by Gasteiger charge is 2.39. The monoisotopic (exact) mass is 398 g/mol. The molecule has 5 rings (SSSR count). The van der Waals surface area contributed by atoms with Gasteiger partial charge < -0.3 is 5.32 Å². The van der Waals surface area contributed by atoms with Crippen molar-refractivity contribution < 1.29 is 13.2 Å². The molecule has 0 atom stereocenters. The van der Waals surface area contributed by atoms with Crippen LogP contribution in [0.25, 0.3) is 10.9 Å². The number of carbonyl (C=O) groups excluding carboxylic acids is 1. The fourth-order valence-electron chi connectivity index (χ4n) is 3.59. The number of aromatic nitrogens is 3. The summed E-state index contributed by atoms with van der Waals surface area (Å²) < 4.78 is 29.3. The lowest BCUT2D eigenvalue weighted by molar-refractivity contribution is 0.191. The first-order valence-electron chi connectivity index (χ1n) is 8.97. The summed E-state index contributed by atoms with van der Waals surface area (Å²) in [5, 5.41) is 7.86. The molecule has 28 heavy (non-hydrogen) atoms. The molecule has 10 heteroatoms. The van der Waals surface area contributed by atoms with Crippen molar-refractivity contribution in [2.24, 2.45) is 0 Å². The molecule has 0 bridgehead atoms. The molecule has 0 spiro atoms. The average Bonchev–Trinajstić information content (AvgIpc) is 3.28. The lowest BCUT2D eigenvalue weighted by Crippen LogP contribution is -2.50. The molecule has 2 aliphatic rings. The molecule has 2 aliphatic heterocycles. The van der Waals surface area contributed by atoms with E-state index in [1.165, 1.54) is 4.31 Å². The first-order valence-corrected chi connectivity index (χ1v) is 10.4. The second-order valence-electron chi connectivity index (χ2n) is 6.87. The van der Waals surface area contributed by atoms with E-state index in [4.69, 9.17) is 0 Å². The van der Waals surface area contributed by atoms with Crippen LogP contribution in [0.1, 0.15) is 6.04 Å². The molecule has 0 saturated carbocycles. The van der Waals surface area contributed by atoms with Gasteiger partial charge in [0.25, 0.3) is 0 Å². The van der Waals surface area contributed by atoms with Gasteiger partial charge in [-0.05, 0) is 12.1 Å². The van der Waals surface area contributed by atoms with Crippen LogP contribution in [0.3, 0.4) is 0 Å². The van der Waals surface area contributed by atoms with Crippen LogP contribution in [-0.2, 0) is 10.0 Å². The van der Waals surface area contributed by atoms with Crippen molar-refractivity contribution in [1.82, 2.24) is 24.4 Å². The van der Waals surface area contributed by atoms with E-state index in [1.807, 2.05) is 12.1 Å². The molecule has 1 N–H and O–H groups in total. The number of pyridine rings is 1. The van der Waals surface area contributed by atoms with Crippen molar-refractivity contribution in [3.63, 3.8) is 0 Å². The van der Waals surface area contributed by atoms with Crippen LogP contribution in [0.15, 0.2) is 53.8 Å². The predicted octanol–water partition coefficient (Wildman–Crippen LogP) is 1.21. The summed E-state index contributed by atoms with van der Waals surface area (Å²) >= 11 is 0. The number of nitrogens with one attached hydrogen (secondary N) is 1. The fourth-order valence-corrected chi connectivity index (χ4v) is 5.27. The highest BCUT2D eigenvalue weighted by molar-refractivity contribution is 7.89. The van der Waals surface area contributed by atoms with E-state index in [0.717, 1.165) is 11.1 Å². The predicted molar refractivity (Wildman–Crippen MR) is 103 cm³/mol. The van der Waals surface area contributed by atoms with Crippen molar-refractivity contribution in [2.45, 2.75) is 10.9 Å². The third-order valence-electron chi connectivity index (χ3n) is 5.17. The zero-order valence-electron chi connectivity index (χ0n) is 14.9. The third-order valence-corrected chi connectivity index (χ3v) is 7.04. The molecule has 4 heterocycles. The summed E-state index contributed by atoms with van der Waals surface area (Å²) in [7, 11) is -3.63. The number of hydrogen-bond acceptors (Lipinski definition) is 5. The van der Waals surface area contributed by atoms with Gasteiger partial charge in [-0.15, -0.1) is 0 Å². The smallest absolute Gasteiger partial charge is 0.322 e. The van der Waals surface area contributed by atoms with Crippen molar-refractivity contribution >= 4 is 32.6 Å². The Labute approximate surface area is 161 Å². The Morgan fingerprint density at radius 2 is 1.96 bits per heavy atom. The standard InChI is InChI=1S/C18H18N6O3S/c25-18-20-7-8-23(18)14-9-21-24(12-14)15-10-22(11-15)28(26,27)16-5-1-3-13-4-2-6-19-17(13)16/h1-6,9,12,15H,7-8,10-11H2,(H,20,25). The van der Waals surface area contributed by atoms with Gasteiger partial charge in [0.15, 0.2) is 0 Å². The Kier molecular flexibility index (Phi) is 3.84. The normalized spacial score (nSPS) is 18.4. The lowest BCUT2D eigenvalue weighted by atomic mass is 10.2. The molecule has 0 unspecified atom stereocenters. The fraction of sp³-hybridized carbons (Fsp3) is 0.278. The van der Waals surface area contributed by atoms with Gasteiger partial charge in [-0.1, -0.05) is 18.2 Å². The van der Waals surface area contributed by atoms with Gasteiger partial charge in [-0.3, -0.25) is 14.6 Å². The molecule has 2 amide bonds. The summed E-state index contributed by atoms with van der Waals surface area (Å²) in [6, 6.07) is 8.61. The van der Waals surface area contributed by atoms with E-state index in [9.17, 15) is 13.2 Å². The Morgan fingerprint density at radius 1 is 1.14 bits per heavy atom. The number of rotatable bonds is 4. The molecule has 144 valence electrons. The molecule has 1 aromatic carbocycles. The molecular weight excluding hydrogens is 380 g/mol. The molecular formula is C18H18N6O3S. The van der Waals surface area contributed by atoms with Crippen molar-refractivity contribution in [1.29, 1.82) is 0 Å². The number of sulfonamides is 1. The number of nitrogens with zero attached hydrogens (tertiary/aromatic N) is 5. The zero-order valence-corrected chi connectivity index (χ0v) is 15.7. The van der Waals surface area contributed by atoms with Gasteiger partial charge in [0.2, 0.25) is 10.0 Å². The summed E-state index contributed by atoms with van der Waals surface area (Å²) in [4.78, 5) is 17.9. The van der Waals surface area contributed by atoms with Crippen molar-refractivity contribution in [3.05, 3.63) is 48.9 Å². The van der Waals surface area contributed by atoms with Crippen LogP contribution in [0.2, 0.25) is 0 Å². The topological polar surface area (TPSA) is 100 Å². The van der Waals surface area contributed by atoms with Crippen molar-refractivity contribution in [2.75, 3.05) is 31.1 Å². The highest BCUT2D eigenvalue weighted by atomic mass is 32.2. The molecule has 9 nitrogen and oxygen atoms in total. The second kappa shape index (κ2) is 6.28. The zero-order chi connectivity index (χ0) is 19.3. The van der Waals surface area contributed by atoms with Crippen LogP contribution in [0.5, 0.6) is 0 Å². The van der Waals surface area contributed by atoms with Gasteiger partial charge >= 0.3 is 6.03 Å². The van der Waals surface area contributed by atoms with E-state index in [0.29, 0.717) is 31.7 Å². The van der Waals surface area contributed by atoms with E-state index in [2.05, 4.69) is 15.4 Å². The molecule has 2 fully saturated rings. The number of amides is 2. The molecule has 0 radical (unpaired) electrons. The molecule has 3 aromatic rings. The quantitative estimate of drug-likeness (QED) is 0.712. The minimum atomic E-state index is -3.63. The minimum Gasteiger partial charge on any atom is -0.336 e. The van der Waals surface area contributed by atoms with Crippen LogP contribution in [-0.4, -0.2) is 59.7 Å². The Hall–Kier alpha value is -2.98. The number of urea groups is 1. The Balaban J connectivity index is 1.35. The van der Waals surface area contributed by atoms with Gasteiger partial charge in [0.1, 0.15) is 4.90 Å². The van der Waals surface area contributed by atoms with E-state index < -0.39 is 10.0 Å². The number of carbonyl (C=O) groups is 1. The number of anilines is 1. The summed E-state index contributed by atoms with van der Waals surface area (Å²) in [6.45, 7) is 1.88. The average molecular weight is 398 g/mol. The first kappa shape index (κ1) is 17.1. The van der Waals surface area contributed by atoms with E-state index in [-0.39, 0.29) is 17.0 Å². The molecule has 2 saturated heterocycles. The SMILES string of the molecule is O=C1NCCN1c1cnn(C2CN(S(=O)(=O)c3cccc4cccnc34)C2)c1. The third kappa shape index (κ3) is 2.64. The largest absolute Gasteiger partial charge is 0.336 e. The minimum absolute atomic E-state index is 0.0582. The Morgan fingerprint density at radius 3 is 2.75 bits per heavy atom. The number of fused-ring (bicyclic) bond motifs is 1. The second-order valence-corrected chi connectivity index (χ2v) is 8.78. The van der Waals surface area contributed by atoms with Gasteiger partial charge in [-0.25, -0.2) is 13.2 Å². The summed E-state index contributed by atoms with van der Waals surface area (Å²) in [6.07, 6.45) is 5.02. The maximum atomic E-state index is 13.1. The maximum Gasteiger partial charge on any atom is 0.322 e. The van der Waals surface area contributed by atoms with Gasteiger partial charge in [-0.2, -0.15) is 9.40 Å². The van der Waals surface area contributed by atoms with Gasteiger partial charge in [0.05, 0.1) is 23.4 Å². The first-order chi connectivity index (χ1) is 13.5. The summed E-state index contributed by atoms with van der Waals surface area (Å²) in [5.41, 5.74) is 1.20.